The van der Waals surface area contributed by atoms with Crippen molar-refractivity contribution >= 4 is 22.6 Å². The van der Waals surface area contributed by atoms with Crippen LogP contribution in [0.3, 0.4) is 0 Å². The molecule has 3 aromatic rings. The van der Waals surface area contributed by atoms with Crippen LogP contribution in [0.2, 0.25) is 0 Å². The van der Waals surface area contributed by atoms with Gasteiger partial charge in [-0.25, -0.2) is 9.37 Å². The minimum Gasteiger partial charge on any atom is -0.327 e. The van der Waals surface area contributed by atoms with Gasteiger partial charge in [-0.3, -0.25) is 0 Å². The number of aromatic nitrogens is 2. The minimum atomic E-state index is -0.189. The van der Waals surface area contributed by atoms with Gasteiger partial charge in [-0.2, -0.15) is 0 Å². The van der Waals surface area contributed by atoms with E-state index in [2.05, 4.69) is 15.6 Å². The highest BCUT2D eigenvalue weighted by atomic mass is 35.5. The maximum absolute atomic E-state index is 13.2. The fraction of sp³-hybridized carbons (Fsp3) is 0.235. The first-order valence-electron chi connectivity index (χ1n) is 6.94. The van der Waals surface area contributed by atoms with Crippen LogP contribution in [0, 0.1) is 12.7 Å². The van der Waals surface area contributed by atoms with Crippen LogP contribution >= 0.6 is 11.6 Å². The molecule has 0 aliphatic rings. The van der Waals surface area contributed by atoms with E-state index in [9.17, 15) is 4.39 Å². The van der Waals surface area contributed by atoms with Gasteiger partial charge in [0.2, 0.25) is 0 Å². The average molecular weight is 303 g/mol. The molecule has 0 unspecified atom stereocenters. The molecular formula is C17H16ClFN2. The Morgan fingerprint density at radius 2 is 2.00 bits per heavy atom. The molecule has 0 bridgehead atoms. The van der Waals surface area contributed by atoms with Gasteiger partial charge in [-0.15, -0.1) is 11.6 Å². The van der Waals surface area contributed by atoms with Crippen molar-refractivity contribution in [1.29, 1.82) is 0 Å². The van der Waals surface area contributed by atoms with Crippen molar-refractivity contribution in [3.63, 3.8) is 0 Å². The Hall–Kier alpha value is -1.87. The number of halogens is 2. The van der Waals surface area contributed by atoms with E-state index >= 15 is 0 Å². The Morgan fingerprint density at radius 1 is 1.19 bits per heavy atom. The lowest BCUT2D eigenvalue weighted by Gasteiger charge is -2.10. The number of hydrogen-bond donors (Lipinski definition) is 0. The Balaban J connectivity index is 1.91. The summed E-state index contributed by atoms with van der Waals surface area (Å²) in [6.07, 6.45) is 0.830. The molecule has 0 saturated heterocycles. The maximum atomic E-state index is 13.2. The zero-order valence-electron chi connectivity index (χ0n) is 11.8. The monoisotopic (exact) mass is 302 g/mol. The van der Waals surface area contributed by atoms with Gasteiger partial charge in [0.1, 0.15) is 11.6 Å². The molecule has 0 saturated carbocycles. The van der Waals surface area contributed by atoms with Crippen LogP contribution in [-0.4, -0.2) is 9.55 Å². The number of benzene rings is 2. The van der Waals surface area contributed by atoms with Gasteiger partial charge in [0.05, 0.1) is 16.9 Å². The molecular weight excluding hydrogens is 287 g/mol. The molecule has 1 aromatic heterocycles. The van der Waals surface area contributed by atoms with Crippen molar-refractivity contribution < 1.29 is 4.39 Å². The van der Waals surface area contributed by atoms with Gasteiger partial charge < -0.3 is 4.57 Å². The summed E-state index contributed by atoms with van der Waals surface area (Å²) >= 11 is 6.00. The molecule has 0 amide bonds. The van der Waals surface area contributed by atoms with E-state index in [1.54, 1.807) is 6.07 Å². The number of para-hydroxylation sites is 2. The van der Waals surface area contributed by atoms with E-state index in [0.29, 0.717) is 5.88 Å². The molecule has 21 heavy (non-hydrogen) atoms. The number of hydrogen-bond acceptors (Lipinski definition) is 1. The van der Waals surface area contributed by atoms with E-state index in [4.69, 9.17) is 11.6 Å². The van der Waals surface area contributed by atoms with Crippen molar-refractivity contribution in [3.8, 4) is 0 Å². The standard InChI is InChI=1S/C17H16ClFN2/c1-12-10-14(19)7-6-13(12)8-9-21-16-5-3-2-4-15(16)20-17(21)11-18/h2-7,10H,8-9,11H2,1H3. The fourth-order valence-corrected chi connectivity index (χ4v) is 2.85. The second-order valence-corrected chi connectivity index (χ2v) is 5.39. The van der Waals surface area contributed by atoms with Gasteiger partial charge in [-0.05, 0) is 48.7 Å². The predicted molar refractivity (Wildman–Crippen MR) is 84.1 cm³/mol. The highest BCUT2D eigenvalue weighted by Gasteiger charge is 2.10. The van der Waals surface area contributed by atoms with Crippen LogP contribution in [0.1, 0.15) is 17.0 Å². The minimum absolute atomic E-state index is 0.189. The summed E-state index contributed by atoms with van der Waals surface area (Å²) < 4.78 is 15.3. The zero-order chi connectivity index (χ0) is 14.8. The average Bonchev–Trinajstić information content (AvgIpc) is 2.84. The van der Waals surface area contributed by atoms with E-state index in [-0.39, 0.29) is 5.82 Å². The topological polar surface area (TPSA) is 17.8 Å². The number of fused-ring (bicyclic) bond motifs is 1. The highest BCUT2D eigenvalue weighted by Crippen LogP contribution is 2.19. The lowest BCUT2D eigenvalue weighted by atomic mass is 10.1. The molecule has 0 spiro atoms. The Kier molecular flexibility index (Phi) is 3.93. The van der Waals surface area contributed by atoms with Crippen molar-refractivity contribution in [3.05, 3.63) is 65.2 Å². The zero-order valence-corrected chi connectivity index (χ0v) is 12.6. The molecule has 0 aliphatic carbocycles. The molecule has 0 fully saturated rings. The fourth-order valence-electron chi connectivity index (χ4n) is 2.65. The van der Waals surface area contributed by atoms with Crippen molar-refractivity contribution in [2.24, 2.45) is 0 Å². The molecule has 0 radical (unpaired) electrons. The van der Waals surface area contributed by atoms with Gasteiger partial charge in [0.15, 0.2) is 0 Å². The van der Waals surface area contributed by atoms with Crippen LogP contribution in [0.15, 0.2) is 42.5 Å². The quantitative estimate of drug-likeness (QED) is 0.650. The smallest absolute Gasteiger partial charge is 0.124 e. The van der Waals surface area contributed by atoms with Crippen molar-refractivity contribution in [2.45, 2.75) is 25.8 Å². The predicted octanol–water partition coefficient (Wildman–Crippen LogP) is 4.47. The first-order chi connectivity index (χ1) is 10.2. The molecule has 2 aromatic carbocycles. The number of rotatable bonds is 4. The van der Waals surface area contributed by atoms with Crippen LogP contribution in [0.4, 0.5) is 4.39 Å². The van der Waals surface area contributed by atoms with Crippen LogP contribution < -0.4 is 0 Å². The molecule has 3 rings (SSSR count). The van der Waals surface area contributed by atoms with Gasteiger partial charge in [-0.1, -0.05) is 18.2 Å². The number of alkyl halides is 1. The van der Waals surface area contributed by atoms with Crippen LogP contribution in [-0.2, 0) is 18.8 Å². The van der Waals surface area contributed by atoms with Crippen LogP contribution in [0.25, 0.3) is 11.0 Å². The Labute approximate surface area is 128 Å². The molecule has 1 heterocycles. The van der Waals surface area contributed by atoms with Crippen LogP contribution in [0.5, 0.6) is 0 Å². The molecule has 2 nitrogen and oxygen atoms in total. The normalized spacial score (nSPS) is 11.2. The van der Waals surface area contributed by atoms with E-state index < -0.39 is 0 Å². The van der Waals surface area contributed by atoms with Gasteiger partial charge in [0, 0.05) is 6.54 Å². The Bertz CT molecular complexity index is 780. The first-order valence-corrected chi connectivity index (χ1v) is 7.47. The summed E-state index contributed by atoms with van der Waals surface area (Å²) in [7, 11) is 0. The summed E-state index contributed by atoms with van der Waals surface area (Å²) in [5.41, 5.74) is 4.18. The lowest BCUT2D eigenvalue weighted by molar-refractivity contribution is 0.623. The Morgan fingerprint density at radius 3 is 2.76 bits per heavy atom. The number of aryl methyl sites for hydroxylation is 3. The van der Waals surface area contributed by atoms with Crippen molar-refractivity contribution in [2.75, 3.05) is 0 Å². The summed E-state index contributed by atoms with van der Waals surface area (Å²) in [6.45, 7) is 2.72. The molecule has 0 aliphatic heterocycles. The van der Waals surface area contributed by atoms with E-state index in [1.807, 2.05) is 31.2 Å². The van der Waals surface area contributed by atoms with Gasteiger partial charge in [0.25, 0.3) is 0 Å². The number of nitrogens with zero attached hydrogens (tertiary/aromatic N) is 2. The molecule has 108 valence electrons. The second kappa shape index (κ2) is 5.86. The van der Waals surface area contributed by atoms with Gasteiger partial charge >= 0.3 is 0 Å². The highest BCUT2D eigenvalue weighted by molar-refractivity contribution is 6.16. The molecule has 0 N–H and O–H groups in total. The maximum Gasteiger partial charge on any atom is 0.124 e. The third-order valence-corrected chi connectivity index (χ3v) is 4.00. The van der Waals surface area contributed by atoms with E-state index in [1.165, 1.54) is 6.07 Å². The summed E-state index contributed by atoms with van der Waals surface area (Å²) in [5.74, 6) is 1.07. The largest absolute Gasteiger partial charge is 0.327 e. The first kappa shape index (κ1) is 14.1. The third-order valence-electron chi connectivity index (χ3n) is 3.76. The SMILES string of the molecule is Cc1cc(F)ccc1CCn1c(CCl)nc2ccccc21. The number of imidazole rings is 1. The molecule has 0 atom stereocenters. The second-order valence-electron chi connectivity index (χ2n) is 5.12. The summed E-state index contributed by atoms with van der Waals surface area (Å²) in [6, 6.07) is 13.0. The summed E-state index contributed by atoms with van der Waals surface area (Å²) in [5, 5.41) is 0. The lowest BCUT2D eigenvalue weighted by Crippen LogP contribution is -2.06. The summed E-state index contributed by atoms with van der Waals surface area (Å²) in [4.78, 5) is 4.55. The third kappa shape index (κ3) is 2.79. The van der Waals surface area contributed by atoms with Crippen molar-refractivity contribution in [1.82, 2.24) is 9.55 Å². The van der Waals surface area contributed by atoms with E-state index in [0.717, 1.165) is 41.0 Å². The molecule has 4 heteroatoms.